The number of anilines is 1. The van der Waals surface area contributed by atoms with Crippen molar-refractivity contribution < 1.29 is 21.8 Å². The number of aromatic nitrogens is 4. The molecule has 1 fully saturated rings. The molecule has 0 saturated heterocycles. The minimum Gasteiger partial charge on any atom is -0.367 e. The Bertz CT molecular complexity index is 1300. The molecule has 1 aliphatic rings. The Hall–Kier alpha value is -2.93. The van der Waals surface area contributed by atoms with Crippen molar-refractivity contribution in [3.8, 4) is 0 Å². The summed E-state index contributed by atoms with van der Waals surface area (Å²) in [6.45, 7) is 0.287. The summed E-state index contributed by atoms with van der Waals surface area (Å²) in [7, 11) is -3.98. The summed E-state index contributed by atoms with van der Waals surface area (Å²) >= 11 is 6.08. The standard InChI is InChI=1S/C21H22ClFN6O4S/c22-18-8-15(23)3-2-14(18)10-29-6-5-19(28-29)20(30)17-9-25-12-26-21(17)27-16-4-1-13(7-16)11-33-34(24,31)32/h2-3,5-6,8-9,12-13,16H,1,4,7,10-11H2,(H2,24,31,32)(H,25,26,27). The first-order chi connectivity index (χ1) is 16.2. The number of nitrogens with one attached hydrogen (secondary N) is 1. The Labute approximate surface area is 200 Å². The van der Waals surface area contributed by atoms with Gasteiger partial charge in [-0.1, -0.05) is 17.7 Å². The summed E-state index contributed by atoms with van der Waals surface area (Å²) in [6, 6.07) is 5.66. The zero-order chi connectivity index (χ0) is 24.3. The van der Waals surface area contributed by atoms with Crippen LogP contribution >= 0.6 is 11.6 Å². The molecule has 2 atom stereocenters. The maximum Gasteiger partial charge on any atom is 0.333 e. The van der Waals surface area contributed by atoms with E-state index in [0.29, 0.717) is 17.8 Å². The first kappa shape index (κ1) is 24.2. The third kappa shape index (κ3) is 6.14. The lowest BCUT2D eigenvalue weighted by Crippen LogP contribution is -2.22. The predicted octanol–water partition coefficient (Wildman–Crippen LogP) is 2.55. The van der Waals surface area contributed by atoms with Crippen molar-refractivity contribution in [1.82, 2.24) is 19.7 Å². The molecule has 0 bridgehead atoms. The fraction of sp³-hybridized carbons (Fsp3) is 0.333. The van der Waals surface area contributed by atoms with Crippen LogP contribution < -0.4 is 10.5 Å². The maximum atomic E-state index is 13.3. The van der Waals surface area contributed by atoms with Gasteiger partial charge >= 0.3 is 10.3 Å². The Morgan fingerprint density at radius 3 is 2.91 bits per heavy atom. The Morgan fingerprint density at radius 1 is 1.32 bits per heavy atom. The van der Waals surface area contributed by atoms with Gasteiger partial charge in [-0.05, 0) is 48.9 Å². The van der Waals surface area contributed by atoms with Crippen molar-refractivity contribution in [2.45, 2.75) is 31.8 Å². The second-order valence-electron chi connectivity index (χ2n) is 8.05. The molecule has 0 aliphatic heterocycles. The van der Waals surface area contributed by atoms with Crippen LogP contribution in [0.2, 0.25) is 5.02 Å². The van der Waals surface area contributed by atoms with Crippen LogP contribution in [0, 0.1) is 11.7 Å². The van der Waals surface area contributed by atoms with Crippen LogP contribution in [-0.4, -0.2) is 46.6 Å². The van der Waals surface area contributed by atoms with Crippen molar-refractivity contribution in [2.24, 2.45) is 11.1 Å². The highest BCUT2D eigenvalue weighted by Crippen LogP contribution is 2.29. The second kappa shape index (κ2) is 10.1. The maximum absolute atomic E-state index is 13.3. The van der Waals surface area contributed by atoms with Crippen LogP contribution in [0.5, 0.6) is 0 Å². The third-order valence-corrected chi connectivity index (χ3v) is 6.34. The summed E-state index contributed by atoms with van der Waals surface area (Å²) in [5, 5.41) is 12.7. The normalized spacial score (nSPS) is 18.2. The van der Waals surface area contributed by atoms with Gasteiger partial charge in [0.25, 0.3) is 0 Å². The molecule has 0 radical (unpaired) electrons. The molecule has 2 aromatic heterocycles. The van der Waals surface area contributed by atoms with E-state index in [1.165, 1.54) is 29.3 Å². The van der Waals surface area contributed by atoms with Crippen molar-refractivity contribution in [3.63, 3.8) is 0 Å². The fourth-order valence-corrected chi connectivity index (χ4v) is 4.50. The molecule has 13 heteroatoms. The topological polar surface area (TPSA) is 142 Å². The van der Waals surface area contributed by atoms with Gasteiger partial charge in [0, 0.05) is 23.5 Å². The monoisotopic (exact) mass is 508 g/mol. The van der Waals surface area contributed by atoms with Crippen LogP contribution in [0.25, 0.3) is 0 Å². The second-order valence-corrected chi connectivity index (χ2v) is 9.67. The number of rotatable bonds is 9. The lowest BCUT2D eigenvalue weighted by Gasteiger charge is -2.15. The number of nitrogens with two attached hydrogens (primary N) is 1. The van der Waals surface area contributed by atoms with E-state index in [9.17, 15) is 17.6 Å². The molecule has 0 spiro atoms. The molecule has 3 N–H and O–H groups in total. The summed E-state index contributed by atoms with van der Waals surface area (Å²) in [6.07, 6.45) is 6.53. The van der Waals surface area contributed by atoms with Crippen molar-refractivity contribution in [2.75, 3.05) is 11.9 Å². The molecule has 3 aromatic rings. The van der Waals surface area contributed by atoms with Crippen molar-refractivity contribution in [3.05, 3.63) is 70.6 Å². The summed E-state index contributed by atoms with van der Waals surface area (Å²) in [5.74, 6) is -0.404. The molecule has 2 heterocycles. The zero-order valence-electron chi connectivity index (χ0n) is 17.9. The predicted molar refractivity (Wildman–Crippen MR) is 122 cm³/mol. The van der Waals surface area contributed by atoms with E-state index in [1.807, 2.05) is 0 Å². The Morgan fingerprint density at radius 2 is 2.15 bits per heavy atom. The molecular weight excluding hydrogens is 487 g/mol. The average Bonchev–Trinajstić information content (AvgIpc) is 3.43. The molecule has 2 unspecified atom stereocenters. The Kier molecular flexibility index (Phi) is 7.22. The minimum absolute atomic E-state index is 0.0160. The average molecular weight is 509 g/mol. The minimum atomic E-state index is -3.98. The molecule has 10 nitrogen and oxygen atoms in total. The highest BCUT2D eigenvalue weighted by atomic mass is 35.5. The van der Waals surface area contributed by atoms with Crippen LogP contribution in [0.3, 0.4) is 0 Å². The van der Waals surface area contributed by atoms with Gasteiger partial charge in [-0.3, -0.25) is 13.7 Å². The van der Waals surface area contributed by atoms with E-state index in [4.69, 9.17) is 20.9 Å². The molecule has 1 aliphatic carbocycles. The van der Waals surface area contributed by atoms with E-state index < -0.39 is 16.1 Å². The van der Waals surface area contributed by atoms with E-state index in [2.05, 4.69) is 20.4 Å². The fourth-order valence-electron chi connectivity index (χ4n) is 3.89. The number of hydrogen-bond acceptors (Lipinski definition) is 8. The molecular formula is C21H22ClFN6O4S. The first-order valence-electron chi connectivity index (χ1n) is 10.4. The smallest absolute Gasteiger partial charge is 0.333 e. The third-order valence-electron chi connectivity index (χ3n) is 5.53. The molecule has 34 heavy (non-hydrogen) atoms. The van der Waals surface area contributed by atoms with Gasteiger partial charge in [-0.2, -0.15) is 13.5 Å². The van der Waals surface area contributed by atoms with Gasteiger partial charge in [0.2, 0.25) is 5.78 Å². The lowest BCUT2D eigenvalue weighted by molar-refractivity contribution is 0.103. The van der Waals surface area contributed by atoms with E-state index >= 15 is 0 Å². The molecule has 4 rings (SSSR count). The number of carbonyl (C=O) groups is 1. The highest BCUT2D eigenvalue weighted by Gasteiger charge is 2.28. The molecule has 1 saturated carbocycles. The summed E-state index contributed by atoms with van der Waals surface area (Å²) in [4.78, 5) is 21.3. The van der Waals surface area contributed by atoms with E-state index in [-0.39, 0.29) is 47.2 Å². The SMILES string of the molecule is NS(=O)(=O)OCC1CCC(Nc2ncncc2C(=O)c2ccn(Cc3ccc(F)cc3Cl)n2)C1. The van der Waals surface area contributed by atoms with Gasteiger partial charge in [0.15, 0.2) is 0 Å². The number of nitrogens with zero attached hydrogens (tertiary/aromatic N) is 4. The van der Waals surface area contributed by atoms with Crippen LogP contribution in [-0.2, 0) is 21.0 Å². The number of halogens is 2. The summed E-state index contributed by atoms with van der Waals surface area (Å²) in [5.41, 5.74) is 1.12. The van der Waals surface area contributed by atoms with Gasteiger partial charge in [-0.25, -0.2) is 19.5 Å². The van der Waals surface area contributed by atoms with E-state index in [0.717, 1.165) is 12.8 Å². The highest BCUT2D eigenvalue weighted by molar-refractivity contribution is 7.84. The van der Waals surface area contributed by atoms with Gasteiger partial charge < -0.3 is 5.32 Å². The van der Waals surface area contributed by atoms with Gasteiger partial charge in [0.1, 0.15) is 23.7 Å². The van der Waals surface area contributed by atoms with Crippen LogP contribution in [0.15, 0.2) is 43.0 Å². The lowest BCUT2D eigenvalue weighted by atomic mass is 10.1. The quantitative estimate of drug-likeness (QED) is 0.420. The zero-order valence-corrected chi connectivity index (χ0v) is 19.5. The number of benzene rings is 1. The first-order valence-corrected chi connectivity index (χ1v) is 12.3. The van der Waals surface area contributed by atoms with E-state index in [1.54, 1.807) is 18.3 Å². The van der Waals surface area contributed by atoms with Gasteiger partial charge in [0.05, 0.1) is 18.7 Å². The van der Waals surface area contributed by atoms with Crippen molar-refractivity contribution in [1.29, 1.82) is 0 Å². The van der Waals surface area contributed by atoms with Crippen molar-refractivity contribution >= 4 is 33.5 Å². The van der Waals surface area contributed by atoms with Crippen LogP contribution in [0.1, 0.15) is 40.9 Å². The molecule has 1 aromatic carbocycles. The Balaban J connectivity index is 1.43. The number of ketones is 1. The molecule has 0 amide bonds. The number of hydrogen-bond donors (Lipinski definition) is 2. The molecule has 180 valence electrons. The largest absolute Gasteiger partial charge is 0.367 e. The van der Waals surface area contributed by atoms with Gasteiger partial charge in [-0.15, -0.1) is 0 Å². The summed E-state index contributed by atoms with van der Waals surface area (Å²) < 4.78 is 41.5. The van der Waals surface area contributed by atoms with Crippen LogP contribution in [0.4, 0.5) is 10.2 Å². The number of carbonyl (C=O) groups excluding carboxylic acids is 1.